The van der Waals surface area contributed by atoms with E-state index in [-0.39, 0.29) is 6.04 Å². The van der Waals surface area contributed by atoms with Crippen molar-refractivity contribution in [2.75, 3.05) is 16.8 Å². The van der Waals surface area contributed by atoms with E-state index in [0.717, 1.165) is 30.1 Å². The van der Waals surface area contributed by atoms with Crippen LogP contribution in [-0.4, -0.2) is 19.1 Å². The number of carbonyl (C=O) groups is 1. The van der Waals surface area contributed by atoms with Crippen molar-refractivity contribution in [3.8, 4) is 5.75 Å². The number of amides is 1. The van der Waals surface area contributed by atoms with Crippen LogP contribution in [0, 0.1) is 0 Å². The summed E-state index contributed by atoms with van der Waals surface area (Å²) in [6.45, 7) is 5.28. The Labute approximate surface area is 136 Å². The molecule has 0 bridgehead atoms. The predicted molar refractivity (Wildman–Crippen MR) is 92.9 cm³/mol. The first-order chi connectivity index (χ1) is 11.3. The number of anilines is 2. The van der Waals surface area contributed by atoms with E-state index in [1.54, 1.807) is 0 Å². The second kappa shape index (κ2) is 7.01. The van der Waals surface area contributed by atoms with Crippen LogP contribution in [0.2, 0.25) is 0 Å². The quantitative estimate of drug-likeness (QED) is 0.655. The maximum atomic E-state index is 10.7. The number of hydrogen-bond donors (Lipinski definition) is 1. The fraction of sp³-hybridized carbons (Fsp3) is 0.211. The molecule has 23 heavy (non-hydrogen) atoms. The molecule has 0 aromatic heterocycles. The van der Waals surface area contributed by atoms with Crippen molar-refractivity contribution in [2.45, 2.75) is 19.0 Å². The first-order valence-electron chi connectivity index (χ1n) is 7.70. The summed E-state index contributed by atoms with van der Waals surface area (Å²) in [6.07, 6.45) is 3.45. The number of nitrogens with one attached hydrogen (secondary N) is 1. The van der Waals surface area contributed by atoms with Crippen LogP contribution in [0.25, 0.3) is 0 Å². The molecular formula is C19H20N2O2. The Morgan fingerprint density at radius 1 is 1.26 bits per heavy atom. The molecule has 1 heterocycles. The van der Waals surface area contributed by atoms with Gasteiger partial charge in [0, 0.05) is 12.2 Å². The molecule has 1 N–H and O–H groups in total. The molecule has 0 spiro atoms. The fourth-order valence-electron chi connectivity index (χ4n) is 2.88. The zero-order valence-electron chi connectivity index (χ0n) is 12.9. The number of ether oxygens (including phenoxy) is 1. The smallest absolute Gasteiger partial charge is 0.211 e. The van der Waals surface area contributed by atoms with Crippen LogP contribution in [0.5, 0.6) is 5.75 Å². The molecule has 2 aromatic rings. The Morgan fingerprint density at radius 2 is 2.09 bits per heavy atom. The van der Waals surface area contributed by atoms with E-state index in [9.17, 15) is 4.79 Å². The number of benzene rings is 2. The average molecular weight is 308 g/mol. The van der Waals surface area contributed by atoms with Gasteiger partial charge in [-0.05, 0) is 30.2 Å². The minimum absolute atomic E-state index is 0.228. The van der Waals surface area contributed by atoms with E-state index < -0.39 is 0 Å². The van der Waals surface area contributed by atoms with Crippen LogP contribution in [0.1, 0.15) is 12.0 Å². The van der Waals surface area contributed by atoms with Crippen LogP contribution in [0.4, 0.5) is 11.4 Å². The van der Waals surface area contributed by atoms with Gasteiger partial charge in [0.05, 0.1) is 11.7 Å². The molecule has 118 valence electrons. The van der Waals surface area contributed by atoms with Gasteiger partial charge >= 0.3 is 0 Å². The van der Waals surface area contributed by atoms with Gasteiger partial charge in [0.1, 0.15) is 12.4 Å². The number of fused-ring (bicyclic) bond motifs is 1. The molecule has 1 aliphatic heterocycles. The predicted octanol–water partition coefficient (Wildman–Crippen LogP) is 3.60. The highest BCUT2D eigenvalue weighted by Gasteiger charge is 2.27. The molecule has 4 nitrogen and oxygen atoms in total. The number of rotatable bonds is 6. The third-order valence-corrected chi connectivity index (χ3v) is 4.00. The van der Waals surface area contributed by atoms with Crippen molar-refractivity contribution in [1.82, 2.24) is 0 Å². The summed E-state index contributed by atoms with van der Waals surface area (Å²) in [5.41, 5.74) is 3.00. The van der Waals surface area contributed by atoms with E-state index in [4.69, 9.17) is 4.74 Å². The Kier molecular flexibility index (Phi) is 4.62. The van der Waals surface area contributed by atoms with Gasteiger partial charge < -0.3 is 15.0 Å². The van der Waals surface area contributed by atoms with Crippen LogP contribution in [-0.2, 0) is 11.3 Å². The lowest BCUT2D eigenvalue weighted by Gasteiger charge is -2.38. The molecule has 1 atom stereocenters. The highest BCUT2D eigenvalue weighted by Crippen LogP contribution is 2.37. The topological polar surface area (TPSA) is 41.6 Å². The van der Waals surface area contributed by atoms with Crippen LogP contribution in [0.15, 0.2) is 61.2 Å². The highest BCUT2D eigenvalue weighted by atomic mass is 16.5. The number of nitrogens with zero attached hydrogens (tertiary/aromatic N) is 1. The Balaban J connectivity index is 1.96. The lowest BCUT2D eigenvalue weighted by atomic mass is 10.1. The van der Waals surface area contributed by atoms with Crippen LogP contribution < -0.4 is 15.0 Å². The first-order valence-corrected chi connectivity index (χ1v) is 7.70. The van der Waals surface area contributed by atoms with Gasteiger partial charge in [-0.3, -0.25) is 4.79 Å². The fourth-order valence-corrected chi connectivity index (χ4v) is 2.88. The summed E-state index contributed by atoms with van der Waals surface area (Å²) in [7, 11) is 0. The molecule has 4 heteroatoms. The summed E-state index contributed by atoms with van der Waals surface area (Å²) in [5, 5.41) is 2.71. The van der Waals surface area contributed by atoms with E-state index in [2.05, 4.69) is 28.9 Å². The second-order valence-corrected chi connectivity index (χ2v) is 5.55. The summed E-state index contributed by atoms with van der Waals surface area (Å²) < 4.78 is 5.88. The Hall–Kier alpha value is -2.75. The van der Waals surface area contributed by atoms with Crippen molar-refractivity contribution in [3.05, 3.63) is 66.7 Å². The van der Waals surface area contributed by atoms with Crippen molar-refractivity contribution < 1.29 is 9.53 Å². The van der Waals surface area contributed by atoms with Gasteiger partial charge in [0.25, 0.3) is 0 Å². The maximum absolute atomic E-state index is 10.7. The monoisotopic (exact) mass is 308 g/mol. The molecule has 0 aliphatic carbocycles. The molecule has 0 saturated heterocycles. The third-order valence-electron chi connectivity index (χ3n) is 4.00. The van der Waals surface area contributed by atoms with Gasteiger partial charge in [-0.25, -0.2) is 0 Å². The minimum Gasteiger partial charge on any atom is -0.489 e. The summed E-state index contributed by atoms with van der Waals surface area (Å²) in [5.74, 6) is 0.845. The molecule has 3 rings (SSSR count). The molecular weight excluding hydrogens is 288 g/mol. The average Bonchev–Trinajstić information content (AvgIpc) is 2.58. The van der Waals surface area contributed by atoms with Gasteiger partial charge in [-0.15, -0.1) is 6.58 Å². The van der Waals surface area contributed by atoms with Gasteiger partial charge in [0.2, 0.25) is 6.41 Å². The molecule has 0 fully saturated rings. The van der Waals surface area contributed by atoms with Crippen molar-refractivity contribution >= 4 is 17.8 Å². The minimum atomic E-state index is 0.228. The lowest BCUT2D eigenvalue weighted by molar-refractivity contribution is -0.105. The van der Waals surface area contributed by atoms with Crippen molar-refractivity contribution in [1.29, 1.82) is 0 Å². The van der Waals surface area contributed by atoms with Crippen molar-refractivity contribution in [3.63, 3.8) is 0 Å². The molecule has 0 radical (unpaired) electrons. The second-order valence-electron chi connectivity index (χ2n) is 5.55. The normalized spacial score (nSPS) is 16.2. The highest BCUT2D eigenvalue weighted by molar-refractivity contribution is 5.76. The van der Waals surface area contributed by atoms with E-state index in [1.807, 2.05) is 42.5 Å². The first kappa shape index (κ1) is 15.2. The SMILES string of the molecule is C=CCC1COc2ccc(NC=O)cc2N1Cc1ccccc1. The van der Waals surface area contributed by atoms with E-state index in [0.29, 0.717) is 13.0 Å². The van der Waals surface area contributed by atoms with Crippen molar-refractivity contribution in [2.24, 2.45) is 0 Å². The van der Waals surface area contributed by atoms with Crippen LogP contribution in [0.3, 0.4) is 0 Å². The summed E-state index contributed by atoms with van der Waals surface area (Å²) in [6, 6.07) is 16.3. The van der Waals surface area contributed by atoms with E-state index in [1.165, 1.54) is 5.56 Å². The zero-order chi connectivity index (χ0) is 16.1. The molecule has 1 aliphatic rings. The Morgan fingerprint density at radius 3 is 2.83 bits per heavy atom. The number of hydrogen-bond acceptors (Lipinski definition) is 3. The zero-order valence-corrected chi connectivity index (χ0v) is 12.9. The van der Waals surface area contributed by atoms with Gasteiger partial charge in [0.15, 0.2) is 0 Å². The summed E-state index contributed by atoms with van der Waals surface area (Å²) >= 11 is 0. The van der Waals surface area contributed by atoms with Gasteiger partial charge in [-0.2, -0.15) is 0 Å². The van der Waals surface area contributed by atoms with E-state index >= 15 is 0 Å². The number of carbonyl (C=O) groups excluding carboxylic acids is 1. The van der Waals surface area contributed by atoms with Crippen LogP contribution >= 0.6 is 0 Å². The van der Waals surface area contributed by atoms with Gasteiger partial charge in [-0.1, -0.05) is 36.4 Å². The summed E-state index contributed by atoms with van der Waals surface area (Å²) in [4.78, 5) is 13.0. The Bertz CT molecular complexity index is 685. The molecule has 1 unspecified atom stereocenters. The largest absolute Gasteiger partial charge is 0.489 e. The molecule has 0 saturated carbocycles. The maximum Gasteiger partial charge on any atom is 0.211 e. The molecule has 2 aromatic carbocycles. The standard InChI is InChI=1S/C19H20N2O2/c1-2-6-17-13-23-19-10-9-16(20-14-22)11-18(19)21(17)12-15-7-4-3-5-8-15/h2-5,7-11,14,17H,1,6,12-13H2,(H,20,22). The molecule has 1 amide bonds. The third kappa shape index (κ3) is 3.37. The lowest BCUT2D eigenvalue weighted by Crippen LogP contribution is -2.42.